The van der Waals surface area contributed by atoms with Gasteiger partial charge in [-0.15, -0.1) is 0 Å². The minimum Gasteiger partial charge on any atom is -0.325 e. The van der Waals surface area contributed by atoms with Gasteiger partial charge in [0.25, 0.3) is 5.91 Å². The van der Waals surface area contributed by atoms with Crippen LogP contribution in [0.2, 0.25) is 0 Å². The van der Waals surface area contributed by atoms with Gasteiger partial charge in [-0.05, 0) is 25.8 Å². The van der Waals surface area contributed by atoms with Crippen LogP contribution in [0.25, 0.3) is 5.78 Å². The maximum atomic E-state index is 12.9. The number of hydrogen-bond donors (Lipinski definition) is 0. The van der Waals surface area contributed by atoms with Gasteiger partial charge in [0, 0.05) is 31.1 Å². The summed E-state index contributed by atoms with van der Waals surface area (Å²) in [5.74, 6) is 2.77. The van der Waals surface area contributed by atoms with E-state index in [-0.39, 0.29) is 11.9 Å². The minimum absolute atomic E-state index is 0.0878. The predicted octanol–water partition coefficient (Wildman–Crippen LogP) is 1.42. The molecule has 0 aromatic carbocycles. The molecule has 1 amide bonds. The summed E-state index contributed by atoms with van der Waals surface area (Å²) in [4.78, 5) is 27.9. The van der Waals surface area contributed by atoms with Crippen LogP contribution >= 0.6 is 0 Å². The predicted molar refractivity (Wildman–Crippen MR) is 84.4 cm³/mol. The Hall–Kier alpha value is -2.77. The first-order chi connectivity index (χ1) is 11.7. The van der Waals surface area contributed by atoms with Crippen LogP contribution < -0.4 is 0 Å². The van der Waals surface area contributed by atoms with E-state index in [1.165, 1.54) is 12.8 Å². The van der Waals surface area contributed by atoms with E-state index >= 15 is 0 Å². The minimum atomic E-state index is -0.107. The Balaban J connectivity index is 1.46. The smallest absolute Gasteiger partial charge is 0.274 e. The van der Waals surface area contributed by atoms with Crippen molar-refractivity contribution in [3.63, 3.8) is 0 Å². The second kappa shape index (κ2) is 4.86. The van der Waals surface area contributed by atoms with E-state index in [1.54, 1.807) is 16.8 Å². The summed E-state index contributed by atoms with van der Waals surface area (Å²) in [7, 11) is 0. The molecule has 0 unspecified atom stereocenters. The number of amides is 1. The molecule has 3 aromatic rings. The van der Waals surface area contributed by atoms with E-state index in [4.69, 9.17) is 0 Å². The van der Waals surface area contributed by atoms with E-state index in [0.29, 0.717) is 30.5 Å². The number of carbonyl (C=O) groups is 1. The Morgan fingerprint density at radius 3 is 2.92 bits per heavy atom. The largest absolute Gasteiger partial charge is 0.325 e. The van der Waals surface area contributed by atoms with Crippen molar-refractivity contribution >= 4 is 11.7 Å². The average Bonchev–Trinajstić information content (AvgIpc) is 3.20. The summed E-state index contributed by atoms with van der Waals surface area (Å²) < 4.78 is 3.71. The third kappa shape index (κ3) is 2.02. The molecule has 1 atom stereocenters. The van der Waals surface area contributed by atoms with Gasteiger partial charge in [0.15, 0.2) is 5.82 Å². The molecule has 1 fully saturated rings. The summed E-state index contributed by atoms with van der Waals surface area (Å²) >= 11 is 0. The number of fused-ring (bicyclic) bond motifs is 2. The van der Waals surface area contributed by atoms with Crippen molar-refractivity contribution in [2.75, 3.05) is 6.54 Å². The number of aromatic nitrogens is 6. The van der Waals surface area contributed by atoms with Crippen LogP contribution in [-0.2, 0) is 6.54 Å². The molecule has 8 heteroatoms. The van der Waals surface area contributed by atoms with Gasteiger partial charge in [0.1, 0.15) is 11.5 Å². The summed E-state index contributed by atoms with van der Waals surface area (Å²) in [6.07, 6.45) is 7.59. The molecule has 0 bridgehead atoms. The quantitative estimate of drug-likeness (QED) is 0.712. The highest BCUT2D eigenvalue weighted by Gasteiger charge is 2.35. The molecular weight excluding hydrogens is 306 g/mol. The topological polar surface area (TPSA) is 81.2 Å². The molecule has 0 spiro atoms. The first kappa shape index (κ1) is 13.6. The molecule has 0 radical (unpaired) electrons. The first-order valence-electron chi connectivity index (χ1n) is 8.26. The number of carbonyl (C=O) groups excluding carboxylic acids is 1. The van der Waals surface area contributed by atoms with Crippen molar-refractivity contribution in [2.45, 2.75) is 38.3 Å². The zero-order chi connectivity index (χ0) is 16.3. The molecule has 5 rings (SSSR count). The lowest BCUT2D eigenvalue weighted by atomic mass is 10.2. The zero-order valence-electron chi connectivity index (χ0n) is 13.3. The summed E-state index contributed by atoms with van der Waals surface area (Å²) in [5.41, 5.74) is 0.413. The summed E-state index contributed by atoms with van der Waals surface area (Å²) in [6.45, 7) is 3.29. The maximum Gasteiger partial charge on any atom is 0.274 e. The fourth-order valence-corrected chi connectivity index (χ4v) is 3.25. The summed E-state index contributed by atoms with van der Waals surface area (Å²) in [6, 6.07) is 1.71. The fraction of sp³-hybridized carbons (Fsp3) is 0.438. The van der Waals surface area contributed by atoms with Gasteiger partial charge in [-0.1, -0.05) is 0 Å². The second-order valence-electron chi connectivity index (χ2n) is 6.45. The van der Waals surface area contributed by atoms with Gasteiger partial charge >= 0.3 is 0 Å². The van der Waals surface area contributed by atoms with Crippen LogP contribution in [0.4, 0.5) is 0 Å². The molecule has 4 heterocycles. The van der Waals surface area contributed by atoms with Gasteiger partial charge in [-0.2, -0.15) is 5.10 Å². The number of hydrogen-bond acceptors (Lipinski definition) is 5. The lowest BCUT2D eigenvalue weighted by Crippen LogP contribution is -2.41. The Labute approximate surface area is 138 Å². The second-order valence-corrected chi connectivity index (χ2v) is 6.45. The molecule has 1 aliphatic heterocycles. The molecule has 122 valence electrons. The van der Waals surface area contributed by atoms with Gasteiger partial charge in [0.05, 0.1) is 12.6 Å². The molecular formula is C16H17N7O. The van der Waals surface area contributed by atoms with Gasteiger partial charge in [-0.3, -0.25) is 9.20 Å². The molecule has 0 saturated heterocycles. The van der Waals surface area contributed by atoms with Crippen molar-refractivity contribution in [1.82, 2.24) is 34.0 Å². The van der Waals surface area contributed by atoms with Crippen molar-refractivity contribution < 1.29 is 4.79 Å². The third-order valence-electron chi connectivity index (χ3n) is 4.77. The highest BCUT2D eigenvalue weighted by atomic mass is 16.2. The normalized spacial score (nSPS) is 20.4. The maximum absolute atomic E-state index is 12.9. The van der Waals surface area contributed by atoms with Crippen LogP contribution in [0.5, 0.6) is 0 Å². The highest BCUT2D eigenvalue weighted by Crippen LogP contribution is 2.39. The Kier molecular flexibility index (Phi) is 2.76. The molecule has 1 aliphatic carbocycles. The molecule has 24 heavy (non-hydrogen) atoms. The lowest BCUT2D eigenvalue weighted by molar-refractivity contribution is 0.0625. The van der Waals surface area contributed by atoms with Crippen LogP contribution in [0.15, 0.2) is 24.7 Å². The van der Waals surface area contributed by atoms with E-state index in [9.17, 15) is 4.79 Å². The van der Waals surface area contributed by atoms with Crippen molar-refractivity contribution in [3.05, 3.63) is 42.0 Å². The summed E-state index contributed by atoms with van der Waals surface area (Å²) in [5, 5.41) is 4.60. The standard InChI is InChI=1S/C16H17N7O/c1-10-14-19-13(11-3-4-11)20-23(14)8-7-22(10)15(24)12-9-21-6-2-5-17-16(21)18-12/h2,5-6,9-11H,3-4,7-8H2,1H3/t10-/m1/s1. The molecule has 2 aliphatic rings. The van der Waals surface area contributed by atoms with Crippen LogP contribution in [0.3, 0.4) is 0 Å². The number of rotatable bonds is 2. The van der Waals surface area contributed by atoms with E-state index in [0.717, 1.165) is 11.6 Å². The Morgan fingerprint density at radius 2 is 2.12 bits per heavy atom. The fourth-order valence-electron chi connectivity index (χ4n) is 3.25. The number of nitrogens with zero attached hydrogens (tertiary/aromatic N) is 7. The van der Waals surface area contributed by atoms with Crippen molar-refractivity contribution in [3.8, 4) is 0 Å². The van der Waals surface area contributed by atoms with Crippen molar-refractivity contribution in [2.24, 2.45) is 0 Å². The monoisotopic (exact) mass is 323 g/mol. The third-order valence-corrected chi connectivity index (χ3v) is 4.77. The Morgan fingerprint density at radius 1 is 1.25 bits per heavy atom. The molecule has 3 aromatic heterocycles. The highest BCUT2D eigenvalue weighted by molar-refractivity contribution is 5.93. The van der Waals surface area contributed by atoms with E-state index < -0.39 is 0 Å². The van der Waals surface area contributed by atoms with E-state index in [2.05, 4.69) is 20.1 Å². The van der Waals surface area contributed by atoms with Crippen LogP contribution in [0, 0.1) is 0 Å². The van der Waals surface area contributed by atoms with Crippen LogP contribution in [0.1, 0.15) is 53.9 Å². The zero-order valence-corrected chi connectivity index (χ0v) is 13.3. The molecule has 0 N–H and O–H groups in total. The van der Waals surface area contributed by atoms with Crippen molar-refractivity contribution in [1.29, 1.82) is 0 Å². The van der Waals surface area contributed by atoms with E-state index in [1.807, 2.05) is 28.8 Å². The molecule has 1 saturated carbocycles. The van der Waals surface area contributed by atoms with Gasteiger partial charge < -0.3 is 4.90 Å². The SMILES string of the molecule is C[C@@H]1c2nc(C3CC3)nn2CCN1C(=O)c1cn2cccnc2n1. The average molecular weight is 323 g/mol. The Bertz CT molecular complexity index is 906. The van der Waals surface area contributed by atoms with Gasteiger partial charge in [0.2, 0.25) is 5.78 Å². The lowest BCUT2D eigenvalue weighted by Gasteiger charge is -2.32. The van der Waals surface area contributed by atoms with Crippen LogP contribution in [-0.4, -0.2) is 46.5 Å². The number of imidazole rings is 1. The van der Waals surface area contributed by atoms with Gasteiger partial charge in [-0.25, -0.2) is 19.6 Å². The molecule has 8 nitrogen and oxygen atoms in total. The first-order valence-corrected chi connectivity index (χ1v) is 8.26.